The summed E-state index contributed by atoms with van der Waals surface area (Å²) in [7, 11) is 1.54. The quantitative estimate of drug-likeness (QED) is 0.622. The molecule has 0 aliphatic carbocycles. The summed E-state index contributed by atoms with van der Waals surface area (Å²) >= 11 is 1.41. The number of benzene rings is 1. The van der Waals surface area contributed by atoms with Crippen molar-refractivity contribution in [2.24, 2.45) is 5.92 Å². The maximum Gasteiger partial charge on any atom is 0.303 e. The first-order valence-electron chi connectivity index (χ1n) is 6.04. The van der Waals surface area contributed by atoms with Crippen LogP contribution in [0.15, 0.2) is 23.1 Å². The summed E-state index contributed by atoms with van der Waals surface area (Å²) in [6.07, 6.45) is 0. The Kier molecular flexibility index (Phi) is 4.44. The van der Waals surface area contributed by atoms with E-state index in [2.05, 4.69) is 4.74 Å². The molecule has 1 atom stereocenters. The molecule has 0 bridgehead atoms. The molecular weight excluding hydrogens is 280 g/mol. The highest BCUT2D eigenvalue weighted by Gasteiger charge is 2.34. The number of hydrogen-bond donors (Lipinski definition) is 0. The van der Waals surface area contributed by atoms with E-state index in [-0.39, 0.29) is 18.2 Å². The topological polar surface area (TPSA) is 69.7 Å². The molecule has 0 saturated heterocycles. The molecule has 106 valence electrons. The molecule has 1 heterocycles. The molecule has 0 amide bonds. The first-order chi connectivity index (χ1) is 9.54. The van der Waals surface area contributed by atoms with Crippen LogP contribution < -0.4 is 4.74 Å². The van der Waals surface area contributed by atoms with E-state index in [1.807, 2.05) is 0 Å². The van der Waals surface area contributed by atoms with Crippen molar-refractivity contribution in [3.63, 3.8) is 0 Å². The number of ether oxygens (including phenoxy) is 2. The second kappa shape index (κ2) is 6.09. The van der Waals surface area contributed by atoms with Crippen molar-refractivity contribution >= 4 is 29.3 Å². The summed E-state index contributed by atoms with van der Waals surface area (Å²) in [6.45, 7) is 0.872. The van der Waals surface area contributed by atoms with E-state index >= 15 is 0 Å². The summed E-state index contributed by atoms with van der Waals surface area (Å²) in [5, 5.41) is 0. The van der Waals surface area contributed by atoms with Gasteiger partial charge in [0.2, 0.25) is 0 Å². The molecule has 0 radical (unpaired) electrons. The molecule has 20 heavy (non-hydrogen) atoms. The molecule has 0 saturated carbocycles. The third-order valence-electron chi connectivity index (χ3n) is 2.98. The number of carbonyl (C=O) groups excluding carboxylic acids is 3. The van der Waals surface area contributed by atoms with Crippen LogP contribution in [0, 0.1) is 5.92 Å². The Balaban J connectivity index is 2.19. The first-order valence-corrected chi connectivity index (χ1v) is 7.03. The lowest BCUT2D eigenvalue weighted by atomic mass is 9.94. The lowest BCUT2D eigenvalue weighted by Gasteiger charge is -2.23. The summed E-state index contributed by atoms with van der Waals surface area (Å²) in [6, 6.07) is 5.17. The fourth-order valence-corrected chi connectivity index (χ4v) is 3.25. The van der Waals surface area contributed by atoms with Crippen LogP contribution in [0.2, 0.25) is 0 Å². The van der Waals surface area contributed by atoms with Crippen molar-refractivity contribution in [1.29, 1.82) is 0 Å². The van der Waals surface area contributed by atoms with Crippen LogP contribution in [-0.2, 0) is 14.3 Å². The minimum atomic E-state index is -0.765. The Bertz CT molecular complexity index is 567. The third kappa shape index (κ3) is 2.85. The highest BCUT2D eigenvalue weighted by atomic mass is 32.2. The van der Waals surface area contributed by atoms with Gasteiger partial charge in [0.15, 0.2) is 18.2 Å². The predicted molar refractivity (Wildman–Crippen MR) is 73.2 cm³/mol. The van der Waals surface area contributed by atoms with Crippen LogP contribution in [-0.4, -0.2) is 37.0 Å². The van der Waals surface area contributed by atoms with E-state index < -0.39 is 11.9 Å². The van der Waals surface area contributed by atoms with Gasteiger partial charge in [-0.2, -0.15) is 0 Å². The van der Waals surface area contributed by atoms with Crippen LogP contribution in [0.5, 0.6) is 5.75 Å². The fourth-order valence-electron chi connectivity index (χ4n) is 1.96. The minimum absolute atomic E-state index is 0.241. The molecule has 5 nitrogen and oxygen atoms in total. The van der Waals surface area contributed by atoms with E-state index in [0.29, 0.717) is 17.1 Å². The average Bonchev–Trinajstić information content (AvgIpc) is 2.44. The van der Waals surface area contributed by atoms with Crippen molar-refractivity contribution in [1.82, 2.24) is 0 Å². The number of methoxy groups -OCH3 is 1. The Morgan fingerprint density at radius 2 is 2.15 bits per heavy atom. The Morgan fingerprint density at radius 3 is 2.80 bits per heavy atom. The number of fused-ring (bicyclic) bond motifs is 1. The maximum absolute atomic E-state index is 12.3. The maximum atomic E-state index is 12.3. The Morgan fingerprint density at radius 1 is 1.40 bits per heavy atom. The average molecular weight is 294 g/mol. The van der Waals surface area contributed by atoms with E-state index in [9.17, 15) is 14.4 Å². The Labute approximate surface area is 120 Å². The SMILES string of the molecule is COc1cccc2c1SCC(C(=O)COC(C)=O)C2=O. The molecule has 2 rings (SSSR count). The second-order valence-electron chi connectivity index (χ2n) is 4.31. The van der Waals surface area contributed by atoms with E-state index in [1.165, 1.54) is 18.7 Å². The molecule has 1 aliphatic heterocycles. The molecular formula is C14H14O5S. The number of Topliss-reactive ketones (excluding diaryl/α,β-unsaturated/α-hetero) is 2. The van der Waals surface area contributed by atoms with Crippen LogP contribution in [0.1, 0.15) is 17.3 Å². The van der Waals surface area contributed by atoms with Gasteiger partial charge in [-0.05, 0) is 12.1 Å². The molecule has 1 unspecified atom stereocenters. The first kappa shape index (κ1) is 14.6. The zero-order valence-corrected chi connectivity index (χ0v) is 12.0. The number of carbonyl (C=O) groups is 3. The van der Waals surface area contributed by atoms with E-state index in [4.69, 9.17) is 4.74 Å². The summed E-state index contributed by atoms with van der Waals surface area (Å²) in [5.74, 6) is -0.935. The number of ketones is 2. The lowest BCUT2D eigenvalue weighted by Crippen LogP contribution is -2.32. The number of esters is 1. The van der Waals surface area contributed by atoms with Crippen LogP contribution in [0.25, 0.3) is 0 Å². The third-order valence-corrected chi connectivity index (χ3v) is 4.19. The van der Waals surface area contributed by atoms with Crippen LogP contribution >= 0.6 is 11.8 Å². The standard InChI is InChI=1S/C14H14O5S/c1-8(15)19-6-11(16)10-7-20-14-9(13(10)17)4-3-5-12(14)18-2/h3-5,10H,6-7H2,1-2H3. The normalized spacial score (nSPS) is 17.3. The molecule has 0 N–H and O–H groups in total. The van der Waals surface area contributed by atoms with Crippen molar-refractivity contribution < 1.29 is 23.9 Å². The smallest absolute Gasteiger partial charge is 0.303 e. The van der Waals surface area contributed by atoms with Gasteiger partial charge in [-0.15, -0.1) is 11.8 Å². The molecule has 1 aromatic rings. The molecule has 1 aromatic carbocycles. The number of hydrogen-bond acceptors (Lipinski definition) is 6. The molecule has 6 heteroatoms. The van der Waals surface area contributed by atoms with E-state index in [0.717, 1.165) is 4.90 Å². The second-order valence-corrected chi connectivity index (χ2v) is 5.34. The van der Waals surface area contributed by atoms with Gasteiger partial charge in [-0.25, -0.2) is 0 Å². The molecule has 1 aliphatic rings. The summed E-state index contributed by atoms with van der Waals surface area (Å²) < 4.78 is 9.87. The van der Waals surface area contributed by atoms with Gasteiger partial charge in [0.1, 0.15) is 5.75 Å². The molecule has 0 aromatic heterocycles. The van der Waals surface area contributed by atoms with Crippen LogP contribution in [0.4, 0.5) is 0 Å². The van der Waals surface area contributed by atoms with Gasteiger partial charge in [-0.1, -0.05) is 6.07 Å². The van der Waals surface area contributed by atoms with Gasteiger partial charge in [0, 0.05) is 18.2 Å². The van der Waals surface area contributed by atoms with Crippen LogP contribution in [0.3, 0.4) is 0 Å². The van der Waals surface area contributed by atoms with Gasteiger partial charge in [-0.3, -0.25) is 14.4 Å². The van der Waals surface area contributed by atoms with Crippen molar-refractivity contribution in [2.75, 3.05) is 19.5 Å². The predicted octanol–water partition coefficient (Wildman–Crippen LogP) is 1.73. The number of thioether (sulfide) groups is 1. The Hall–Kier alpha value is -1.82. The van der Waals surface area contributed by atoms with E-state index in [1.54, 1.807) is 25.3 Å². The van der Waals surface area contributed by atoms with Gasteiger partial charge in [0.25, 0.3) is 0 Å². The van der Waals surface area contributed by atoms with Gasteiger partial charge < -0.3 is 9.47 Å². The molecule has 0 fully saturated rings. The zero-order chi connectivity index (χ0) is 14.7. The fraction of sp³-hybridized carbons (Fsp3) is 0.357. The van der Waals surface area contributed by atoms with Gasteiger partial charge in [0.05, 0.1) is 17.9 Å². The minimum Gasteiger partial charge on any atom is -0.496 e. The number of rotatable bonds is 4. The highest BCUT2D eigenvalue weighted by Crippen LogP contribution is 2.39. The monoisotopic (exact) mass is 294 g/mol. The van der Waals surface area contributed by atoms with Crippen molar-refractivity contribution in [3.05, 3.63) is 23.8 Å². The summed E-state index contributed by atoms with van der Waals surface area (Å²) in [5.41, 5.74) is 0.488. The zero-order valence-electron chi connectivity index (χ0n) is 11.2. The summed E-state index contributed by atoms with van der Waals surface area (Å²) in [4.78, 5) is 35.7. The highest BCUT2D eigenvalue weighted by molar-refractivity contribution is 7.99. The van der Waals surface area contributed by atoms with Gasteiger partial charge >= 0.3 is 5.97 Å². The van der Waals surface area contributed by atoms with Crippen molar-refractivity contribution in [3.8, 4) is 5.75 Å². The molecule has 0 spiro atoms. The lowest BCUT2D eigenvalue weighted by molar-refractivity contribution is -0.146. The van der Waals surface area contributed by atoms with Crippen molar-refractivity contribution in [2.45, 2.75) is 11.8 Å². The largest absolute Gasteiger partial charge is 0.496 e.